The molecular formula is C45H74O9. The number of hydrogen-bond acceptors (Lipinski definition) is 9. The normalized spacial score (nSPS) is 9.83. The van der Waals surface area contributed by atoms with Crippen molar-refractivity contribution in [1.29, 1.82) is 0 Å². The van der Waals surface area contributed by atoms with Gasteiger partial charge in [0.2, 0.25) is 0 Å². The minimum absolute atomic E-state index is 0.137. The van der Waals surface area contributed by atoms with Crippen LogP contribution >= 0.6 is 0 Å². The average molecular weight is 759 g/mol. The molecule has 0 aliphatic rings. The summed E-state index contributed by atoms with van der Waals surface area (Å²) in [4.78, 5) is 30.6. The van der Waals surface area contributed by atoms with Crippen LogP contribution in [0.2, 0.25) is 0 Å². The lowest BCUT2D eigenvalue weighted by molar-refractivity contribution is -0.154. The molecule has 0 aliphatic heterocycles. The van der Waals surface area contributed by atoms with Crippen LogP contribution in [0.3, 0.4) is 0 Å². The van der Waals surface area contributed by atoms with Crippen molar-refractivity contribution < 1.29 is 42.8 Å². The Morgan fingerprint density at radius 3 is 1.41 bits per heavy atom. The molecule has 0 unspecified atom stereocenters. The van der Waals surface area contributed by atoms with E-state index < -0.39 is 5.60 Å². The average Bonchev–Trinajstić information content (AvgIpc) is 3.15. The third-order valence-electron chi connectivity index (χ3n) is 6.19. The number of benzene rings is 2. The van der Waals surface area contributed by atoms with E-state index in [0.29, 0.717) is 6.42 Å². The molecule has 0 spiro atoms. The van der Waals surface area contributed by atoms with Gasteiger partial charge in [0.25, 0.3) is 0 Å². The molecule has 0 atom stereocenters. The summed E-state index contributed by atoms with van der Waals surface area (Å²) in [5.74, 6) is 2.55. The number of allylic oxidation sites excluding steroid dienone is 2. The van der Waals surface area contributed by atoms with E-state index in [-0.39, 0.29) is 17.5 Å². The molecule has 0 bridgehead atoms. The number of ether oxygens (including phenoxy) is 6. The van der Waals surface area contributed by atoms with Gasteiger partial charge in [0.05, 0.1) is 28.4 Å². The molecule has 308 valence electrons. The maximum atomic E-state index is 10.6. The van der Waals surface area contributed by atoms with Gasteiger partial charge in [-0.2, -0.15) is 0 Å². The number of carbonyl (C=O) groups is 3. The minimum atomic E-state index is -0.398. The number of rotatable bonds is 13. The maximum Gasteiger partial charge on any atom is 0.330 e. The zero-order chi connectivity index (χ0) is 42.6. The number of hydrogen-bond donors (Lipinski definition) is 0. The molecule has 9 heteroatoms. The van der Waals surface area contributed by atoms with Gasteiger partial charge in [0.1, 0.15) is 17.5 Å². The van der Waals surface area contributed by atoms with Crippen LogP contribution in [0.5, 0.6) is 23.0 Å². The van der Waals surface area contributed by atoms with E-state index in [1.54, 1.807) is 41.4 Å². The fourth-order valence-electron chi connectivity index (χ4n) is 3.53. The molecule has 0 fully saturated rings. The van der Waals surface area contributed by atoms with Crippen molar-refractivity contribution in [2.75, 3.05) is 28.4 Å². The summed E-state index contributed by atoms with van der Waals surface area (Å²) in [6.45, 7) is 28.3. The van der Waals surface area contributed by atoms with Crippen LogP contribution in [0.4, 0.5) is 0 Å². The third kappa shape index (κ3) is 35.9. The van der Waals surface area contributed by atoms with Gasteiger partial charge in [0.15, 0.2) is 23.0 Å². The van der Waals surface area contributed by atoms with Crippen molar-refractivity contribution in [2.24, 2.45) is 0 Å². The maximum absolute atomic E-state index is 10.6. The molecule has 0 amide bonds. The quantitative estimate of drug-likeness (QED) is 0.0854. The van der Waals surface area contributed by atoms with Crippen molar-refractivity contribution >= 4 is 24.3 Å². The Bertz CT molecular complexity index is 1300. The van der Waals surface area contributed by atoms with Gasteiger partial charge in [-0.05, 0) is 95.9 Å². The van der Waals surface area contributed by atoms with Crippen LogP contribution in [0.15, 0.2) is 67.8 Å². The van der Waals surface area contributed by atoms with E-state index in [1.165, 1.54) is 37.3 Å². The standard InChI is InChI=1S/C10H14O2.C10H12O2.C7H14O2.C7H12O2.C6H14.C5H8O/c2*1-4-8-5-6-9(11-2)10(7-8)12-3;2*1-5-6(8)9-7(2,3)4;1-3-5-6-4-2;1-2-3-4-5-6/h5-7H,4H2,1-3H3;4-7H,1H2,2-3H3;5H2,1-4H3;5H,1H2,2-4H3;3-6H2,1-2H3;3-5H,2H2,1H3/b;;;;;4-3+. The third-order valence-corrected chi connectivity index (χ3v) is 6.19. The molecule has 0 aromatic heterocycles. The second kappa shape index (κ2) is 35.5. The monoisotopic (exact) mass is 759 g/mol. The molecule has 2 rings (SSSR count). The van der Waals surface area contributed by atoms with Crippen LogP contribution in [0, 0.1) is 0 Å². The molecule has 0 radical (unpaired) electrons. The Kier molecular flexibility index (Phi) is 37.0. The van der Waals surface area contributed by atoms with Crippen LogP contribution in [0.1, 0.15) is 126 Å². The smallest absolute Gasteiger partial charge is 0.330 e. The lowest BCUT2D eigenvalue weighted by Gasteiger charge is -2.18. The Hall–Kier alpha value is -4.53. The fourth-order valence-corrected chi connectivity index (χ4v) is 3.53. The first kappa shape index (κ1) is 56.2. The highest BCUT2D eigenvalue weighted by molar-refractivity contribution is 5.81. The van der Waals surface area contributed by atoms with Gasteiger partial charge >= 0.3 is 11.9 Å². The first-order valence-electron chi connectivity index (χ1n) is 18.6. The van der Waals surface area contributed by atoms with E-state index in [4.69, 9.17) is 28.4 Å². The summed E-state index contributed by atoms with van der Waals surface area (Å²) in [6, 6.07) is 11.6. The lowest BCUT2D eigenvalue weighted by Crippen LogP contribution is -2.23. The molecule has 0 heterocycles. The zero-order valence-electron chi connectivity index (χ0n) is 36.4. The predicted octanol–water partition coefficient (Wildman–Crippen LogP) is 11.6. The first-order valence-corrected chi connectivity index (χ1v) is 18.6. The Balaban J connectivity index is -0.000000284. The van der Waals surface area contributed by atoms with Gasteiger partial charge in [-0.15, -0.1) is 0 Å². The Morgan fingerprint density at radius 1 is 0.667 bits per heavy atom. The lowest BCUT2D eigenvalue weighted by atomic mass is 10.1. The largest absolute Gasteiger partial charge is 0.493 e. The minimum Gasteiger partial charge on any atom is -0.493 e. The van der Waals surface area contributed by atoms with Gasteiger partial charge in [-0.25, -0.2) is 4.79 Å². The summed E-state index contributed by atoms with van der Waals surface area (Å²) < 4.78 is 30.2. The van der Waals surface area contributed by atoms with Gasteiger partial charge in [-0.3, -0.25) is 9.59 Å². The number of esters is 2. The van der Waals surface area contributed by atoms with Crippen LogP contribution < -0.4 is 18.9 Å². The Labute approximate surface area is 329 Å². The molecule has 2 aromatic rings. The predicted molar refractivity (Wildman–Crippen MR) is 226 cm³/mol. The SMILES string of the molecule is C=CC(=O)OC(C)(C)C.C=Cc1ccc(OC)c(OC)c1.CC/C=C/C=O.CCC(=O)OC(C)(C)C.CCCCCC.CCc1ccc(OC)c(OC)c1. The summed E-state index contributed by atoms with van der Waals surface area (Å²) in [6.07, 6.45) is 15.0. The molecular weight excluding hydrogens is 684 g/mol. The van der Waals surface area contributed by atoms with Crippen molar-refractivity contribution in [2.45, 2.75) is 132 Å². The number of aryl methyl sites for hydroxylation is 1. The molecule has 0 saturated carbocycles. The fraction of sp³-hybridized carbons (Fsp3) is 0.533. The van der Waals surface area contributed by atoms with Crippen LogP contribution in [-0.4, -0.2) is 57.9 Å². The van der Waals surface area contributed by atoms with E-state index >= 15 is 0 Å². The van der Waals surface area contributed by atoms with E-state index in [1.807, 2.05) is 90.9 Å². The molecule has 0 aliphatic carbocycles. The van der Waals surface area contributed by atoms with E-state index in [9.17, 15) is 14.4 Å². The number of unbranched alkanes of at least 4 members (excludes halogenated alkanes) is 3. The van der Waals surface area contributed by atoms with Crippen LogP contribution in [0.25, 0.3) is 6.08 Å². The van der Waals surface area contributed by atoms with Gasteiger partial charge < -0.3 is 28.4 Å². The van der Waals surface area contributed by atoms with Gasteiger partial charge in [-0.1, -0.05) is 97.7 Å². The van der Waals surface area contributed by atoms with Crippen molar-refractivity contribution in [3.05, 3.63) is 78.9 Å². The summed E-state index contributed by atoms with van der Waals surface area (Å²) in [5, 5.41) is 0. The highest BCUT2D eigenvalue weighted by Gasteiger charge is 2.14. The second-order valence-electron chi connectivity index (χ2n) is 13.2. The number of methoxy groups -OCH3 is 4. The molecule has 0 N–H and O–H groups in total. The summed E-state index contributed by atoms with van der Waals surface area (Å²) in [5.41, 5.74) is 1.55. The molecule has 9 nitrogen and oxygen atoms in total. The molecule has 54 heavy (non-hydrogen) atoms. The van der Waals surface area contributed by atoms with Crippen molar-refractivity contribution in [3.63, 3.8) is 0 Å². The molecule has 0 saturated heterocycles. The first-order chi connectivity index (χ1) is 25.4. The molecule has 2 aromatic carbocycles. The van der Waals surface area contributed by atoms with Crippen molar-refractivity contribution in [1.82, 2.24) is 0 Å². The Morgan fingerprint density at radius 2 is 1.13 bits per heavy atom. The zero-order valence-corrected chi connectivity index (χ0v) is 36.4. The highest BCUT2D eigenvalue weighted by Crippen LogP contribution is 2.28. The number of carbonyl (C=O) groups excluding carboxylic acids is 3. The van der Waals surface area contributed by atoms with E-state index in [2.05, 4.69) is 33.9 Å². The summed E-state index contributed by atoms with van der Waals surface area (Å²) in [7, 11) is 6.52. The van der Waals surface area contributed by atoms with E-state index in [0.717, 1.165) is 53.8 Å². The topological polar surface area (TPSA) is 107 Å². The van der Waals surface area contributed by atoms with Gasteiger partial charge in [0, 0.05) is 12.5 Å². The number of aldehydes is 1. The highest BCUT2D eigenvalue weighted by atomic mass is 16.6. The summed E-state index contributed by atoms with van der Waals surface area (Å²) >= 11 is 0. The van der Waals surface area contributed by atoms with Crippen molar-refractivity contribution in [3.8, 4) is 23.0 Å². The second-order valence-corrected chi connectivity index (χ2v) is 13.2. The van der Waals surface area contributed by atoms with Crippen LogP contribution in [-0.2, 0) is 30.3 Å².